The molecular weight excluding hydrogens is 170 g/mol. The van der Waals surface area contributed by atoms with Gasteiger partial charge in [-0.05, 0) is 13.3 Å². The molecule has 0 amide bonds. The predicted octanol–water partition coefficient (Wildman–Crippen LogP) is 1.38. The highest BCUT2D eigenvalue weighted by molar-refractivity contribution is 5.87. The molecule has 0 aliphatic heterocycles. The molecule has 0 unspecified atom stereocenters. The van der Waals surface area contributed by atoms with Gasteiger partial charge in [0.05, 0.1) is 25.4 Å². The lowest BCUT2D eigenvalue weighted by Crippen LogP contribution is -2.11. The van der Waals surface area contributed by atoms with E-state index in [-0.39, 0.29) is 12.4 Å². The second-order valence-electron chi connectivity index (χ2n) is 2.20. The van der Waals surface area contributed by atoms with Gasteiger partial charge < -0.3 is 9.47 Å². The second-order valence-corrected chi connectivity index (χ2v) is 2.20. The topological polar surface area (TPSA) is 59.3 Å². The van der Waals surface area contributed by atoms with Crippen molar-refractivity contribution in [2.75, 3.05) is 13.7 Å². The molecule has 0 spiro atoms. The number of allylic oxidation sites excluding steroid dienone is 1. The second kappa shape index (κ2) is 6.06. The minimum Gasteiger partial charge on any atom is -0.489 e. The quantitative estimate of drug-likeness (QED) is 0.286. The first-order valence-corrected chi connectivity index (χ1v) is 4.05. The van der Waals surface area contributed by atoms with E-state index in [4.69, 9.17) is 14.7 Å². The monoisotopic (exact) mass is 183 g/mol. The molecule has 0 bridgehead atoms. The minimum atomic E-state index is -0.580. The van der Waals surface area contributed by atoms with Crippen LogP contribution in [0.1, 0.15) is 20.3 Å². The predicted molar refractivity (Wildman–Crippen MR) is 46.6 cm³/mol. The Morgan fingerprint density at radius 3 is 2.38 bits per heavy atom. The Labute approximate surface area is 77.8 Å². The number of esters is 1. The summed E-state index contributed by atoms with van der Waals surface area (Å²) in [6.45, 7) is 3.74. The molecule has 0 N–H and O–H groups in total. The first-order chi connectivity index (χ1) is 6.21. The Balaban J connectivity index is 4.76. The van der Waals surface area contributed by atoms with Gasteiger partial charge in [0.25, 0.3) is 0 Å². The zero-order valence-corrected chi connectivity index (χ0v) is 8.09. The summed E-state index contributed by atoms with van der Waals surface area (Å²) in [6, 6.07) is 1.90. The smallest absolute Gasteiger partial charge is 0.374 e. The molecule has 0 aromatic rings. The Kier molecular flexibility index (Phi) is 5.37. The van der Waals surface area contributed by atoms with Crippen LogP contribution in [0.5, 0.6) is 0 Å². The van der Waals surface area contributed by atoms with Crippen LogP contribution in [0.3, 0.4) is 0 Å². The molecule has 0 saturated carbocycles. The Morgan fingerprint density at radius 2 is 2.08 bits per heavy atom. The van der Waals surface area contributed by atoms with Gasteiger partial charge in [0.15, 0.2) is 0 Å². The van der Waals surface area contributed by atoms with Crippen molar-refractivity contribution in [1.29, 1.82) is 5.26 Å². The van der Waals surface area contributed by atoms with Crippen LogP contribution in [0.25, 0.3) is 0 Å². The molecule has 0 aromatic carbocycles. The van der Waals surface area contributed by atoms with Crippen LogP contribution in [0.4, 0.5) is 0 Å². The van der Waals surface area contributed by atoms with Crippen molar-refractivity contribution in [3.63, 3.8) is 0 Å². The van der Waals surface area contributed by atoms with Gasteiger partial charge in [-0.3, -0.25) is 0 Å². The average Bonchev–Trinajstić information content (AvgIpc) is 2.14. The maximum atomic E-state index is 11.2. The molecule has 0 aromatic heterocycles. The number of hydrogen-bond acceptors (Lipinski definition) is 4. The number of carbonyl (C=O) groups excluding carboxylic acids is 1. The lowest BCUT2D eigenvalue weighted by molar-refractivity contribution is -0.142. The Bertz CT molecular complexity index is 250. The zero-order valence-electron chi connectivity index (χ0n) is 8.09. The summed E-state index contributed by atoms with van der Waals surface area (Å²) < 4.78 is 9.50. The number of ether oxygens (including phenoxy) is 2. The standard InChI is InChI=1S/C9H13NO3/c1-4-7(6-10)8(12-3)9(11)13-5-2/h4-5H2,1-3H3/b8-7+. The summed E-state index contributed by atoms with van der Waals surface area (Å²) in [7, 11) is 1.35. The van der Waals surface area contributed by atoms with Gasteiger partial charge in [0.1, 0.15) is 0 Å². The maximum absolute atomic E-state index is 11.2. The molecule has 13 heavy (non-hydrogen) atoms. The lowest BCUT2D eigenvalue weighted by Gasteiger charge is -2.06. The van der Waals surface area contributed by atoms with E-state index in [1.54, 1.807) is 13.8 Å². The molecule has 72 valence electrons. The highest BCUT2D eigenvalue weighted by Gasteiger charge is 2.15. The fourth-order valence-electron chi connectivity index (χ4n) is 0.817. The van der Waals surface area contributed by atoms with Crippen LogP contribution < -0.4 is 0 Å². The third-order valence-electron chi connectivity index (χ3n) is 1.43. The Morgan fingerprint density at radius 1 is 1.46 bits per heavy atom. The van der Waals surface area contributed by atoms with Gasteiger partial charge in [-0.2, -0.15) is 5.26 Å². The van der Waals surface area contributed by atoms with Crippen molar-refractivity contribution in [1.82, 2.24) is 0 Å². The van der Waals surface area contributed by atoms with Crippen molar-refractivity contribution in [3.05, 3.63) is 11.3 Å². The van der Waals surface area contributed by atoms with E-state index in [0.717, 1.165) is 0 Å². The number of rotatable bonds is 4. The van der Waals surface area contributed by atoms with E-state index in [2.05, 4.69) is 0 Å². The van der Waals surface area contributed by atoms with E-state index < -0.39 is 5.97 Å². The average molecular weight is 183 g/mol. The third-order valence-corrected chi connectivity index (χ3v) is 1.43. The van der Waals surface area contributed by atoms with Crippen molar-refractivity contribution < 1.29 is 14.3 Å². The summed E-state index contributed by atoms with van der Waals surface area (Å²) in [5.41, 5.74) is 0.306. The molecule has 0 fully saturated rings. The van der Waals surface area contributed by atoms with E-state index in [1.165, 1.54) is 7.11 Å². The number of hydrogen-bond donors (Lipinski definition) is 0. The molecule has 0 aliphatic carbocycles. The zero-order chi connectivity index (χ0) is 10.3. The maximum Gasteiger partial charge on any atom is 0.374 e. The number of carbonyl (C=O) groups is 1. The fourth-order valence-corrected chi connectivity index (χ4v) is 0.817. The van der Waals surface area contributed by atoms with Crippen LogP contribution in [0.15, 0.2) is 11.3 Å². The third kappa shape index (κ3) is 3.16. The van der Waals surface area contributed by atoms with E-state index in [0.29, 0.717) is 12.0 Å². The van der Waals surface area contributed by atoms with Crippen LogP contribution in [-0.2, 0) is 14.3 Å². The summed E-state index contributed by atoms with van der Waals surface area (Å²) in [5.74, 6) is -0.574. The number of nitrogens with zero attached hydrogens (tertiary/aromatic N) is 1. The van der Waals surface area contributed by atoms with Crippen LogP contribution >= 0.6 is 0 Å². The van der Waals surface area contributed by atoms with Crippen LogP contribution in [-0.4, -0.2) is 19.7 Å². The van der Waals surface area contributed by atoms with Crippen molar-refractivity contribution in [2.45, 2.75) is 20.3 Å². The van der Waals surface area contributed by atoms with Gasteiger partial charge in [0, 0.05) is 0 Å². The Hall–Kier alpha value is -1.50. The molecule has 4 heteroatoms. The van der Waals surface area contributed by atoms with Gasteiger partial charge in [-0.1, -0.05) is 6.92 Å². The summed E-state index contributed by atoms with van der Waals surface area (Å²) in [4.78, 5) is 11.2. The number of nitriles is 1. The molecule has 0 atom stereocenters. The SMILES string of the molecule is CCOC(=O)/C(OC)=C(\C#N)CC. The molecule has 0 rings (SSSR count). The lowest BCUT2D eigenvalue weighted by atomic mass is 10.2. The van der Waals surface area contributed by atoms with E-state index >= 15 is 0 Å². The highest BCUT2D eigenvalue weighted by atomic mass is 16.6. The van der Waals surface area contributed by atoms with E-state index in [1.807, 2.05) is 6.07 Å². The summed E-state index contributed by atoms with van der Waals surface area (Å²) in [6.07, 6.45) is 0.457. The molecule has 0 heterocycles. The molecule has 0 radical (unpaired) electrons. The molecular formula is C9H13NO3. The number of methoxy groups -OCH3 is 1. The first kappa shape index (κ1) is 11.5. The fraction of sp³-hybridized carbons (Fsp3) is 0.556. The molecule has 0 saturated heterocycles. The summed E-state index contributed by atoms with van der Waals surface area (Å²) >= 11 is 0. The van der Waals surface area contributed by atoms with Crippen molar-refractivity contribution in [2.24, 2.45) is 0 Å². The van der Waals surface area contributed by atoms with E-state index in [9.17, 15) is 4.79 Å². The summed E-state index contributed by atoms with van der Waals surface area (Å²) in [5, 5.41) is 8.65. The van der Waals surface area contributed by atoms with Gasteiger partial charge in [-0.25, -0.2) is 4.79 Å². The van der Waals surface area contributed by atoms with Crippen LogP contribution in [0, 0.1) is 11.3 Å². The van der Waals surface area contributed by atoms with Crippen LogP contribution in [0.2, 0.25) is 0 Å². The minimum absolute atomic E-state index is 0.00634. The van der Waals surface area contributed by atoms with Gasteiger partial charge in [-0.15, -0.1) is 0 Å². The highest BCUT2D eigenvalue weighted by Crippen LogP contribution is 2.10. The van der Waals surface area contributed by atoms with Gasteiger partial charge >= 0.3 is 5.97 Å². The van der Waals surface area contributed by atoms with Crippen molar-refractivity contribution >= 4 is 5.97 Å². The first-order valence-electron chi connectivity index (χ1n) is 4.05. The molecule has 0 aliphatic rings. The normalized spacial score (nSPS) is 11.2. The largest absolute Gasteiger partial charge is 0.489 e. The van der Waals surface area contributed by atoms with Crippen molar-refractivity contribution in [3.8, 4) is 6.07 Å². The molecule has 4 nitrogen and oxygen atoms in total. The van der Waals surface area contributed by atoms with Gasteiger partial charge in [0.2, 0.25) is 5.76 Å².